The van der Waals surface area contributed by atoms with E-state index >= 15 is 0 Å². The van der Waals surface area contributed by atoms with Gasteiger partial charge in [0.05, 0.1) is 5.41 Å². The number of carbonyl (C=O) groups is 2. The predicted molar refractivity (Wildman–Crippen MR) is 192 cm³/mol. The average Bonchev–Trinajstić information content (AvgIpc) is 3.43. The molecule has 6 aromatic carbocycles. The van der Waals surface area contributed by atoms with E-state index in [1.165, 1.54) is 36.4 Å². The number of fused-ring (bicyclic) bond motifs is 3. The first-order valence-corrected chi connectivity index (χ1v) is 15.8. The minimum absolute atomic E-state index is 0.298. The molecule has 0 radical (unpaired) electrons. The lowest BCUT2D eigenvalue weighted by Gasteiger charge is -2.34. The van der Waals surface area contributed by atoms with Crippen LogP contribution in [0.4, 0.5) is 20.2 Å². The second kappa shape index (κ2) is 13.4. The minimum atomic E-state index is -0.663. The van der Waals surface area contributed by atoms with Crippen molar-refractivity contribution < 1.29 is 18.4 Å². The van der Waals surface area contributed by atoms with Gasteiger partial charge in [-0.25, -0.2) is 8.78 Å². The standard InChI is InChI=1S/C43H30F2N2O2/c44-33-19-9-29(10-20-33)13-27-41(48)46-35-23-15-31(16-24-35)43(39-7-3-1-5-37(39)38-6-2-4-8-40(38)43)32-17-25-36(26-18-32)47-42(49)28-14-30-11-21-34(45)22-12-30/h1-28H,(H,46,48)(H,47,49). The highest BCUT2D eigenvalue weighted by Crippen LogP contribution is 2.56. The van der Waals surface area contributed by atoms with Crippen LogP contribution in [-0.4, -0.2) is 11.8 Å². The summed E-state index contributed by atoms with van der Waals surface area (Å²) in [5.74, 6) is -1.26. The molecule has 6 aromatic rings. The monoisotopic (exact) mass is 644 g/mol. The Kier molecular flexibility index (Phi) is 8.52. The Labute approximate surface area is 283 Å². The summed E-state index contributed by atoms with van der Waals surface area (Å²) in [5, 5.41) is 5.84. The predicted octanol–water partition coefficient (Wildman–Crippen LogP) is 9.63. The Balaban J connectivity index is 1.20. The molecule has 0 atom stereocenters. The molecule has 0 heterocycles. The van der Waals surface area contributed by atoms with Gasteiger partial charge in [0.25, 0.3) is 0 Å². The van der Waals surface area contributed by atoms with Crippen LogP contribution in [0.1, 0.15) is 33.4 Å². The maximum atomic E-state index is 13.2. The summed E-state index contributed by atoms with van der Waals surface area (Å²) < 4.78 is 26.5. The van der Waals surface area contributed by atoms with Crippen LogP contribution in [0.25, 0.3) is 23.3 Å². The maximum absolute atomic E-state index is 13.2. The zero-order valence-corrected chi connectivity index (χ0v) is 26.2. The van der Waals surface area contributed by atoms with Crippen molar-refractivity contribution in [2.75, 3.05) is 10.6 Å². The zero-order chi connectivity index (χ0) is 33.8. The van der Waals surface area contributed by atoms with Gasteiger partial charge in [0.1, 0.15) is 11.6 Å². The Morgan fingerprint density at radius 2 is 0.837 bits per heavy atom. The molecule has 0 saturated heterocycles. The number of hydrogen-bond acceptors (Lipinski definition) is 2. The van der Waals surface area contributed by atoms with E-state index in [0.717, 1.165) is 44.5 Å². The molecule has 0 unspecified atom stereocenters. The Morgan fingerprint density at radius 1 is 0.469 bits per heavy atom. The van der Waals surface area contributed by atoms with Gasteiger partial charge in [0.2, 0.25) is 11.8 Å². The summed E-state index contributed by atoms with van der Waals surface area (Å²) in [6, 6.07) is 44.3. The van der Waals surface area contributed by atoms with E-state index in [4.69, 9.17) is 0 Å². The quantitative estimate of drug-likeness (QED) is 0.162. The van der Waals surface area contributed by atoms with Crippen LogP contribution in [0.3, 0.4) is 0 Å². The van der Waals surface area contributed by atoms with E-state index in [-0.39, 0.29) is 23.4 Å². The minimum Gasteiger partial charge on any atom is -0.323 e. The van der Waals surface area contributed by atoms with Crippen molar-refractivity contribution in [2.24, 2.45) is 0 Å². The van der Waals surface area contributed by atoms with Crippen LogP contribution < -0.4 is 10.6 Å². The van der Waals surface area contributed by atoms with Crippen LogP contribution >= 0.6 is 0 Å². The van der Waals surface area contributed by atoms with Gasteiger partial charge in [-0.3, -0.25) is 9.59 Å². The van der Waals surface area contributed by atoms with E-state index in [1.54, 1.807) is 36.4 Å². The number of benzene rings is 6. The highest BCUT2D eigenvalue weighted by atomic mass is 19.1. The number of halogens is 2. The third-order valence-corrected chi connectivity index (χ3v) is 8.72. The smallest absolute Gasteiger partial charge is 0.248 e. The van der Waals surface area contributed by atoms with Crippen molar-refractivity contribution in [2.45, 2.75) is 5.41 Å². The van der Waals surface area contributed by atoms with Gasteiger partial charge >= 0.3 is 0 Å². The Bertz CT molecular complexity index is 2040. The fraction of sp³-hybridized carbons (Fsp3) is 0.0233. The average molecular weight is 645 g/mol. The molecule has 2 amide bonds. The van der Waals surface area contributed by atoms with Crippen molar-refractivity contribution in [1.29, 1.82) is 0 Å². The summed E-state index contributed by atoms with van der Waals surface area (Å²) in [4.78, 5) is 25.4. The molecule has 7 rings (SSSR count). The summed E-state index contributed by atoms with van der Waals surface area (Å²) in [6.45, 7) is 0. The third kappa shape index (κ3) is 6.32. The third-order valence-electron chi connectivity index (χ3n) is 8.72. The van der Waals surface area contributed by atoms with Gasteiger partial charge in [-0.05, 0) is 105 Å². The molecule has 0 aliphatic heterocycles. The SMILES string of the molecule is O=C(C=Cc1ccc(F)cc1)Nc1ccc(C2(c3ccc(NC(=O)C=Cc4ccc(F)cc4)cc3)c3ccccc3-c3ccccc32)cc1. The molecule has 238 valence electrons. The molecule has 0 spiro atoms. The first-order valence-electron chi connectivity index (χ1n) is 15.8. The maximum Gasteiger partial charge on any atom is 0.248 e. The molecular weight excluding hydrogens is 614 g/mol. The number of rotatable bonds is 8. The molecule has 49 heavy (non-hydrogen) atoms. The number of hydrogen-bond donors (Lipinski definition) is 2. The van der Waals surface area contributed by atoms with E-state index in [2.05, 4.69) is 34.9 Å². The van der Waals surface area contributed by atoms with Gasteiger partial charge in [0.15, 0.2) is 0 Å². The highest BCUT2D eigenvalue weighted by molar-refractivity contribution is 6.02. The Morgan fingerprint density at radius 3 is 1.22 bits per heavy atom. The van der Waals surface area contributed by atoms with E-state index in [9.17, 15) is 18.4 Å². The molecule has 0 bridgehead atoms. The molecule has 0 aromatic heterocycles. The largest absolute Gasteiger partial charge is 0.323 e. The normalized spacial score (nSPS) is 12.9. The summed E-state index contributed by atoms with van der Waals surface area (Å²) in [5.41, 5.74) is 8.64. The molecule has 1 aliphatic rings. The fourth-order valence-corrected chi connectivity index (χ4v) is 6.49. The van der Waals surface area contributed by atoms with E-state index < -0.39 is 5.41 Å². The summed E-state index contributed by atoms with van der Waals surface area (Å²) in [7, 11) is 0. The molecule has 0 saturated carbocycles. The van der Waals surface area contributed by atoms with E-state index in [0.29, 0.717) is 11.4 Å². The van der Waals surface area contributed by atoms with Crippen LogP contribution in [0.5, 0.6) is 0 Å². The second-order valence-electron chi connectivity index (χ2n) is 11.7. The van der Waals surface area contributed by atoms with Crippen molar-refractivity contribution in [3.8, 4) is 11.1 Å². The van der Waals surface area contributed by atoms with Gasteiger partial charge in [-0.2, -0.15) is 0 Å². The summed E-state index contributed by atoms with van der Waals surface area (Å²) in [6.07, 6.45) is 6.12. The van der Waals surface area contributed by atoms with Gasteiger partial charge in [-0.1, -0.05) is 97.1 Å². The second-order valence-corrected chi connectivity index (χ2v) is 11.7. The van der Waals surface area contributed by atoms with Crippen molar-refractivity contribution >= 4 is 35.3 Å². The number of nitrogens with one attached hydrogen (secondary N) is 2. The zero-order valence-electron chi connectivity index (χ0n) is 26.2. The van der Waals surface area contributed by atoms with E-state index in [1.807, 2.05) is 72.8 Å². The fourth-order valence-electron chi connectivity index (χ4n) is 6.49. The first-order chi connectivity index (χ1) is 23.9. The number of carbonyl (C=O) groups excluding carboxylic acids is 2. The summed E-state index contributed by atoms with van der Waals surface area (Å²) >= 11 is 0. The van der Waals surface area contributed by atoms with Crippen LogP contribution in [-0.2, 0) is 15.0 Å². The first kappa shape index (κ1) is 31.2. The number of amides is 2. The Hall–Kier alpha value is -6.40. The molecule has 6 heteroatoms. The highest BCUT2D eigenvalue weighted by Gasteiger charge is 2.45. The molecule has 4 nitrogen and oxygen atoms in total. The lowest BCUT2D eigenvalue weighted by atomic mass is 9.67. The molecule has 1 aliphatic carbocycles. The van der Waals surface area contributed by atoms with Gasteiger partial charge in [0, 0.05) is 23.5 Å². The topological polar surface area (TPSA) is 58.2 Å². The lowest BCUT2D eigenvalue weighted by molar-refractivity contribution is -0.112. The van der Waals surface area contributed by atoms with Crippen molar-refractivity contribution in [3.63, 3.8) is 0 Å². The lowest BCUT2D eigenvalue weighted by Crippen LogP contribution is -2.28. The van der Waals surface area contributed by atoms with Crippen molar-refractivity contribution in [1.82, 2.24) is 0 Å². The van der Waals surface area contributed by atoms with Crippen LogP contribution in [0.15, 0.2) is 158 Å². The number of anilines is 2. The van der Waals surface area contributed by atoms with Gasteiger partial charge in [-0.15, -0.1) is 0 Å². The van der Waals surface area contributed by atoms with Gasteiger partial charge < -0.3 is 10.6 Å². The molecule has 0 fully saturated rings. The van der Waals surface area contributed by atoms with Crippen LogP contribution in [0.2, 0.25) is 0 Å². The molecular formula is C43H30F2N2O2. The van der Waals surface area contributed by atoms with Crippen LogP contribution in [0, 0.1) is 11.6 Å². The van der Waals surface area contributed by atoms with Crippen molar-refractivity contribution in [3.05, 3.63) is 203 Å². The molecule has 2 N–H and O–H groups in total.